The van der Waals surface area contributed by atoms with Gasteiger partial charge < -0.3 is 21.7 Å². The van der Waals surface area contributed by atoms with Crippen molar-refractivity contribution >= 4 is 69.0 Å². The summed E-state index contributed by atoms with van der Waals surface area (Å²) in [4.78, 5) is 23.1. The second-order valence-corrected chi connectivity index (χ2v) is 9.23. The minimum Gasteiger partial charge on any atom is -0.504 e. The van der Waals surface area contributed by atoms with Crippen LogP contribution in [-0.4, -0.2) is 43.2 Å². The number of rotatable bonds is 10. The number of carbonyl (C=O) groups excluding carboxylic acids is 1. The van der Waals surface area contributed by atoms with E-state index in [0.29, 0.717) is 12.8 Å². The monoisotopic (exact) mass is 540 g/mol. The van der Waals surface area contributed by atoms with Crippen molar-refractivity contribution in [3.8, 4) is 5.75 Å². The quantitative estimate of drug-likeness (QED) is 0.287. The molecular weight excluding hydrogens is 519 g/mol. The molecule has 0 saturated heterocycles. The summed E-state index contributed by atoms with van der Waals surface area (Å²) in [5, 5.41) is 19.4. The zero-order chi connectivity index (χ0) is 24.1. The first-order chi connectivity index (χ1) is 15.0. The van der Waals surface area contributed by atoms with Crippen molar-refractivity contribution in [3.63, 3.8) is 0 Å². The molecule has 2 aromatic carbocycles. The number of unbranched alkanes of at least 4 members (excludes halogenated alkanes) is 1. The third-order valence-electron chi connectivity index (χ3n) is 4.44. The molecule has 10 nitrogen and oxygen atoms in total. The van der Waals surface area contributed by atoms with Crippen LogP contribution in [0.4, 0.5) is 16.2 Å². The van der Waals surface area contributed by atoms with Crippen LogP contribution < -0.4 is 21.1 Å². The minimum absolute atomic E-state index is 0. The van der Waals surface area contributed by atoms with Gasteiger partial charge in [0.1, 0.15) is 10.9 Å². The zero-order valence-electron chi connectivity index (χ0n) is 17.1. The number of phenols is 1. The van der Waals surface area contributed by atoms with E-state index in [1.54, 1.807) is 12.1 Å². The molecule has 7 N–H and O–H groups in total. The molecule has 0 aliphatic rings. The van der Waals surface area contributed by atoms with Crippen LogP contribution in [0.1, 0.15) is 19.3 Å². The molecule has 182 valence electrons. The van der Waals surface area contributed by atoms with Crippen LogP contribution in [0.5, 0.6) is 5.75 Å². The van der Waals surface area contributed by atoms with Gasteiger partial charge in [0.2, 0.25) is 10.0 Å². The number of nitrogens with zero attached hydrogens (tertiary/aromatic N) is 1. The summed E-state index contributed by atoms with van der Waals surface area (Å²) in [6.45, 7) is -0.0568. The van der Waals surface area contributed by atoms with Gasteiger partial charge in [-0.25, -0.2) is 17.9 Å². The number of carboxylic acids is 1. The second-order valence-electron chi connectivity index (χ2n) is 6.71. The summed E-state index contributed by atoms with van der Waals surface area (Å²) in [7, 11) is -4.30. The number of hydrogen-bond acceptors (Lipinski definition) is 6. The fourth-order valence-corrected chi connectivity index (χ4v) is 4.78. The first kappa shape index (κ1) is 28.8. The van der Waals surface area contributed by atoms with E-state index in [2.05, 4.69) is 4.72 Å². The van der Waals surface area contributed by atoms with Gasteiger partial charge in [-0.05, 0) is 37.1 Å². The maximum Gasteiger partial charge on any atom is 0.324 e. The molecule has 2 amide bonds. The molecule has 0 heterocycles. The number of carbonyl (C=O) groups is 2. The number of phenolic OH excluding ortho intramolecular Hbond substituents is 1. The highest BCUT2D eigenvalue weighted by atomic mass is 35.5. The number of para-hydroxylation sites is 1. The van der Waals surface area contributed by atoms with Gasteiger partial charge in [0, 0.05) is 6.54 Å². The number of benzene rings is 2. The number of sulfonamides is 1. The van der Waals surface area contributed by atoms with E-state index in [-0.39, 0.29) is 46.8 Å². The van der Waals surface area contributed by atoms with Gasteiger partial charge in [-0.15, -0.1) is 12.4 Å². The average molecular weight is 542 g/mol. The number of primary amides is 1. The van der Waals surface area contributed by atoms with Crippen molar-refractivity contribution in [2.45, 2.75) is 30.2 Å². The third-order valence-corrected chi connectivity index (χ3v) is 6.72. The maximum absolute atomic E-state index is 12.8. The number of nitrogens with one attached hydrogen (secondary N) is 1. The van der Waals surface area contributed by atoms with Crippen LogP contribution in [0.2, 0.25) is 10.0 Å². The SMILES string of the molecule is Cl.NC(=O)N(c1ccccc1Cl)c1ccc(Cl)c(S(=O)(=O)NCCCCC(N)C(=O)O)c1O. The van der Waals surface area contributed by atoms with Crippen LogP contribution >= 0.6 is 35.6 Å². The van der Waals surface area contributed by atoms with E-state index in [9.17, 15) is 23.1 Å². The largest absolute Gasteiger partial charge is 0.504 e. The van der Waals surface area contributed by atoms with Gasteiger partial charge in [-0.3, -0.25) is 9.69 Å². The molecule has 0 bridgehead atoms. The number of urea groups is 1. The molecule has 0 aliphatic heterocycles. The van der Waals surface area contributed by atoms with Crippen molar-refractivity contribution < 1.29 is 28.2 Å². The lowest BCUT2D eigenvalue weighted by atomic mass is 10.1. The lowest BCUT2D eigenvalue weighted by molar-refractivity contribution is -0.138. The summed E-state index contributed by atoms with van der Waals surface area (Å²) in [6, 6.07) is 6.55. The molecule has 2 rings (SSSR count). The fourth-order valence-electron chi connectivity index (χ4n) is 2.86. The van der Waals surface area contributed by atoms with Gasteiger partial charge >= 0.3 is 12.0 Å². The third kappa shape index (κ3) is 7.10. The summed E-state index contributed by atoms with van der Waals surface area (Å²) in [6.07, 6.45) is 0.826. The Kier molecular flexibility index (Phi) is 10.7. The number of aromatic hydroxyl groups is 1. The summed E-state index contributed by atoms with van der Waals surface area (Å²) in [5.41, 5.74) is 10.8. The summed E-state index contributed by atoms with van der Waals surface area (Å²) < 4.78 is 27.9. The van der Waals surface area contributed by atoms with Gasteiger partial charge in [0.15, 0.2) is 5.75 Å². The average Bonchev–Trinajstić information content (AvgIpc) is 2.70. The van der Waals surface area contributed by atoms with E-state index in [0.717, 1.165) is 4.90 Å². The first-order valence-corrected chi connectivity index (χ1v) is 11.5. The van der Waals surface area contributed by atoms with Crippen molar-refractivity contribution in [2.24, 2.45) is 11.5 Å². The number of nitrogens with two attached hydrogens (primary N) is 2. The van der Waals surface area contributed by atoms with Crippen LogP contribution in [0.25, 0.3) is 0 Å². The standard InChI is InChI=1S/C19H22Cl2N4O6S.ClH/c20-11-5-1-2-7-14(11)25(19(23)29)15-9-8-12(21)17(16(15)26)32(30,31)24-10-4-3-6-13(22)18(27)28;/h1-2,5,7-9,13,24,26H,3-4,6,10,22H2,(H2,23,29)(H,27,28);1H. The highest BCUT2D eigenvalue weighted by Crippen LogP contribution is 2.42. The lowest BCUT2D eigenvalue weighted by Gasteiger charge is -2.24. The Balaban J connectivity index is 0.00000544. The Morgan fingerprint density at radius 1 is 1.06 bits per heavy atom. The van der Waals surface area contributed by atoms with Crippen molar-refractivity contribution in [1.29, 1.82) is 0 Å². The van der Waals surface area contributed by atoms with Crippen molar-refractivity contribution in [1.82, 2.24) is 4.72 Å². The summed E-state index contributed by atoms with van der Waals surface area (Å²) >= 11 is 12.2. The summed E-state index contributed by atoms with van der Waals surface area (Å²) in [5.74, 6) is -1.94. The van der Waals surface area contributed by atoms with Crippen LogP contribution in [-0.2, 0) is 14.8 Å². The van der Waals surface area contributed by atoms with E-state index in [1.807, 2.05) is 0 Å². The number of anilines is 2. The smallest absolute Gasteiger partial charge is 0.324 e. The predicted molar refractivity (Wildman–Crippen MR) is 128 cm³/mol. The molecule has 0 saturated carbocycles. The Labute approximate surface area is 206 Å². The van der Waals surface area contributed by atoms with Gasteiger partial charge in [0.05, 0.1) is 21.4 Å². The van der Waals surface area contributed by atoms with Crippen molar-refractivity contribution in [2.75, 3.05) is 11.4 Å². The van der Waals surface area contributed by atoms with Crippen LogP contribution in [0.3, 0.4) is 0 Å². The fraction of sp³-hybridized carbons (Fsp3) is 0.263. The Bertz CT molecular complexity index is 1120. The number of halogens is 3. The van der Waals surface area contributed by atoms with Crippen molar-refractivity contribution in [3.05, 3.63) is 46.4 Å². The molecule has 0 spiro atoms. The molecule has 2 aromatic rings. The molecule has 0 radical (unpaired) electrons. The lowest BCUT2D eigenvalue weighted by Crippen LogP contribution is -2.32. The van der Waals surface area contributed by atoms with E-state index >= 15 is 0 Å². The number of amides is 2. The number of hydrogen-bond donors (Lipinski definition) is 5. The first-order valence-electron chi connectivity index (χ1n) is 9.31. The van der Waals surface area contributed by atoms with E-state index in [4.69, 9.17) is 39.8 Å². The zero-order valence-corrected chi connectivity index (χ0v) is 20.2. The number of carboxylic acid groups (broad SMARTS) is 1. The number of aliphatic carboxylic acids is 1. The van der Waals surface area contributed by atoms with Gasteiger partial charge in [0.25, 0.3) is 0 Å². The van der Waals surface area contributed by atoms with Gasteiger partial charge in [-0.1, -0.05) is 41.8 Å². The Morgan fingerprint density at radius 3 is 2.27 bits per heavy atom. The topological polar surface area (TPSA) is 176 Å². The molecule has 0 aromatic heterocycles. The molecule has 33 heavy (non-hydrogen) atoms. The highest BCUT2D eigenvalue weighted by molar-refractivity contribution is 7.89. The Morgan fingerprint density at radius 2 is 1.70 bits per heavy atom. The molecular formula is C19H23Cl3N4O6S. The highest BCUT2D eigenvalue weighted by Gasteiger charge is 2.29. The van der Waals surface area contributed by atoms with Crippen LogP contribution in [0.15, 0.2) is 41.3 Å². The van der Waals surface area contributed by atoms with Crippen LogP contribution in [0, 0.1) is 0 Å². The van der Waals surface area contributed by atoms with E-state index in [1.165, 1.54) is 24.3 Å². The predicted octanol–water partition coefficient (Wildman–Crippen LogP) is 3.20. The second kappa shape index (κ2) is 12.3. The van der Waals surface area contributed by atoms with Gasteiger partial charge in [-0.2, -0.15) is 0 Å². The molecule has 0 fully saturated rings. The molecule has 14 heteroatoms. The Hall–Kier alpha value is -2.28. The molecule has 0 aliphatic carbocycles. The molecule has 1 unspecified atom stereocenters. The minimum atomic E-state index is -4.30. The molecule has 1 atom stereocenters. The van der Waals surface area contributed by atoms with E-state index < -0.39 is 38.7 Å². The normalized spacial score (nSPS) is 12.0. The maximum atomic E-state index is 12.8.